The predicted molar refractivity (Wildman–Crippen MR) is 95.6 cm³/mol. The molecule has 134 valence electrons. The largest absolute Gasteiger partial charge is 0.469 e. The monoisotopic (exact) mass is 343 g/mol. The van der Waals surface area contributed by atoms with Crippen LogP contribution < -0.4 is 5.73 Å². The van der Waals surface area contributed by atoms with E-state index in [1.54, 1.807) is 0 Å². The minimum atomic E-state index is -0.486. The number of aryl methyl sites for hydroxylation is 1. The highest BCUT2D eigenvalue weighted by atomic mass is 16.5. The first kappa shape index (κ1) is 18.8. The average molecular weight is 343 g/mol. The first-order chi connectivity index (χ1) is 12.1. The maximum absolute atomic E-state index is 10.3. The van der Waals surface area contributed by atoms with Gasteiger partial charge in [-0.05, 0) is 43.0 Å². The molecule has 0 unspecified atom stereocenters. The highest BCUT2D eigenvalue weighted by Crippen LogP contribution is 2.30. The van der Waals surface area contributed by atoms with Gasteiger partial charge in [0.15, 0.2) is 5.65 Å². The van der Waals surface area contributed by atoms with E-state index in [1.807, 2.05) is 12.3 Å². The van der Waals surface area contributed by atoms with Gasteiger partial charge in [0, 0.05) is 23.7 Å². The van der Waals surface area contributed by atoms with Crippen LogP contribution in [0, 0.1) is 5.92 Å². The van der Waals surface area contributed by atoms with Crippen molar-refractivity contribution in [2.24, 2.45) is 11.7 Å². The van der Waals surface area contributed by atoms with E-state index in [-0.39, 0.29) is 12.8 Å². The van der Waals surface area contributed by atoms with Crippen molar-refractivity contribution in [3.8, 4) is 0 Å². The molecule has 1 fully saturated rings. The lowest BCUT2D eigenvalue weighted by molar-refractivity contribution is -0.141. The number of ether oxygens (including phenoxy) is 1. The summed E-state index contributed by atoms with van der Waals surface area (Å²) in [4.78, 5) is 29.2. The molecule has 2 heterocycles. The lowest BCUT2D eigenvalue weighted by atomic mass is 9.82. The number of fused-ring (bicyclic) bond motifs is 1. The first-order valence-electron chi connectivity index (χ1n) is 8.64. The third-order valence-corrected chi connectivity index (χ3v) is 4.36. The number of carbonyl (C=O) groups excluding carboxylic acids is 2. The summed E-state index contributed by atoms with van der Waals surface area (Å²) in [5.41, 5.74) is 6.82. The Morgan fingerprint density at radius 2 is 2.04 bits per heavy atom. The van der Waals surface area contributed by atoms with Gasteiger partial charge < -0.3 is 10.5 Å². The molecule has 2 aromatic rings. The second-order valence-electron chi connectivity index (χ2n) is 6.23. The second-order valence-corrected chi connectivity index (χ2v) is 6.23. The highest BCUT2D eigenvalue weighted by molar-refractivity contribution is 5.79. The molecule has 25 heavy (non-hydrogen) atoms. The van der Waals surface area contributed by atoms with Crippen molar-refractivity contribution < 1.29 is 14.3 Å². The zero-order valence-electron chi connectivity index (χ0n) is 14.6. The molecule has 1 aliphatic rings. The number of esters is 1. The molecule has 6 heteroatoms. The summed E-state index contributed by atoms with van der Waals surface area (Å²) < 4.78 is 4.25. The van der Waals surface area contributed by atoms with Crippen molar-refractivity contribution in [1.82, 2.24) is 9.97 Å². The average Bonchev–Trinajstić information content (AvgIpc) is 2.58. The van der Waals surface area contributed by atoms with Crippen molar-refractivity contribution in [2.45, 2.75) is 44.9 Å². The molecule has 0 saturated heterocycles. The smallest absolute Gasteiger partial charge is 0.306 e. The Kier molecular flexibility index (Phi) is 7.32. The van der Waals surface area contributed by atoms with E-state index in [0.29, 0.717) is 0 Å². The maximum atomic E-state index is 10.3. The number of carbonyl (C=O) groups is 2. The molecule has 1 aliphatic carbocycles. The van der Waals surface area contributed by atoms with Gasteiger partial charge in [-0.3, -0.25) is 9.59 Å². The number of pyridine rings is 2. The summed E-state index contributed by atoms with van der Waals surface area (Å²) in [5, 5.41) is 1.13. The van der Waals surface area contributed by atoms with Crippen LogP contribution in [-0.2, 0) is 20.7 Å². The SMILES string of the molecule is COC(=O)CCC(N)=O.c1cnc2nc(CCC3CCC3)ccc2c1. The number of primary amides is 1. The number of nitrogens with two attached hydrogens (primary N) is 1. The molecular formula is C19H25N3O3. The minimum absolute atomic E-state index is 0.0622. The Hall–Kier alpha value is -2.50. The van der Waals surface area contributed by atoms with E-state index in [4.69, 9.17) is 5.73 Å². The molecule has 2 aromatic heterocycles. The normalized spacial score (nSPS) is 13.5. The van der Waals surface area contributed by atoms with Crippen LogP contribution in [0.3, 0.4) is 0 Å². The van der Waals surface area contributed by atoms with Gasteiger partial charge in [0.05, 0.1) is 13.5 Å². The molecule has 0 bridgehead atoms. The van der Waals surface area contributed by atoms with Gasteiger partial charge in [0.25, 0.3) is 0 Å². The number of nitrogens with zero attached hydrogens (tertiary/aromatic N) is 2. The van der Waals surface area contributed by atoms with Gasteiger partial charge in [-0.25, -0.2) is 9.97 Å². The third-order valence-electron chi connectivity index (χ3n) is 4.36. The standard InChI is InChI=1S/C14H16N2.C5H9NO3/c1-3-11(4-1)6-8-13-9-7-12-5-2-10-15-14(12)16-13;1-9-5(8)3-2-4(6)7/h2,5,7,9-11H,1,3-4,6,8H2;2-3H2,1H3,(H2,6,7). The molecule has 2 N–H and O–H groups in total. The minimum Gasteiger partial charge on any atom is -0.469 e. The molecule has 0 spiro atoms. The Balaban J connectivity index is 0.000000217. The molecule has 0 atom stereocenters. The van der Waals surface area contributed by atoms with Crippen molar-refractivity contribution in [2.75, 3.05) is 7.11 Å². The van der Waals surface area contributed by atoms with Gasteiger partial charge in [-0.1, -0.05) is 19.3 Å². The van der Waals surface area contributed by atoms with E-state index < -0.39 is 11.9 Å². The van der Waals surface area contributed by atoms with Crippen molar-refractivity contribution in [3.05, 3.63) is 36.2 Å². The van der Waals surface area contributed by atoms with E-state index in [1.165, 1.54) is 38.5 Å². The number of aromatic nitrogens is 2. The molecule has 0 radical (unpaired) electrons. The van der Waals surface area contributed by atoms with Crippen molar-refractivity contribution >= 4 is 22.9 Å². The number of amides is 1. The van der Waals surface area contributed by atoms with Gasteiger partial charge >= 0.3 is 5.97 Å². The van der Waals surface area contributed by atoms with E-state index >= 15 is 0 Å². The van der Waals surface area contributed by atoms with Gasteiger partial charge in [0.2, 0.25) is 5.91 Å². The Morgan fingerprint density at radius 3 is 2.68 bits per heavy atom. The van der Waals surface area contributed by atoms with Crippen LogP contribution in [0.4, 0.5) is 0 Å². The van der Waals surface area contributed by atoms with Gasteiger partial charge in [-0.2, -0.15) is 0 Å². The quantitative estimate of drug-likeness (QED) is 0.814. The predicted octanol–water partition coefficient (Wildman–Crippen LogP) is 2.79. The Labute approximate surface area is 147 Å². The van der Waals surface area contributed by atoms with Gasteiger partial charge in [0.1, 0.15) is 0 Å². The highest BCUT2D eigenvalue weighted by Gasteiger charge is 2.17. The summed E-state index contributed by atoms with van der Waals surface area (Å²) in [6.45, 7) is 0. The number of hydrogen-bond acceptors (Lipinski definition) is 5. The molecular weight excluding hydrogens is 318 g/mol. The molecule has 6 nitrogen and oxygen atoms in total. The molecule has 0 aliphatic heterocycles. The zero-order chi connectivity index (χ0) is 18.1. The van der Waals surface area contributed by atoms with Crippen LogP contribution in [-0.4, -0.2) is 29.0 Å². The first-order valence-corrected chi connectivity index (χ1v) is 8.64. The van der Waals surface area contributed by atoms with Crippen LogP contribution in [0.1, 0.15) is 44.2 Å². The van der Waals surface area contributed by atoms with E-state index in [9.17, 15) is 9.59 Å². The lowest BCUT2D eigenvalue weighted by Crippen LogP contribution is -2.13. The summed E-state index contributed by atoms with van der Waals surface area (Å²) in [6.07, 6.45) is 8.63. The Bertz CT molecular complexity index is 714. The fourth-order valence-corrected chi connectivity index (χ4v) is 2.59. The molecule has 0 aromatic carbocycles. The number of methoxy groups -OCH3 is 1. The van der Waals surface area contributed by atoms with Crippen molar-refractivity contribution in [1.29, 1.82) is 0 Å². The fraction of sp³-hybridized carbons (Fsp3) is 0.474. The topological polar surface area (TPSA) is 95.2 Å². The molecule has 1 amide bonds. The maximum Gasteiger partial charge on any atom is 0.306 e. The third kappa shape index (κ3) is 6.49. The van der Waals surface area contributed by atoms with Crippen LogP contribution in [0.15, 0.2) is 30.5 Å². The molecule has 3 rings (SSSR count). The second kappa shape index (κ2) is 9.71. The summed E-state index contributed by atoms with van der Waals surface area (Å²) in [6, 6.07) is 8.29. The van der Waals surface area contributed by atoms with Crippen LogP contribution in [0.5, 0.6) is 0 Å². The molecule has 1 saturated carbocycles. The van der Waals surface area contributed by atoms with Crippen LogP contribution in [0.2, 0.25) is 0 Å². The fourth-order valence-electron chi connectivity index (χ4n) is 2.59. The van der Waals surface area contributed by atoms with Crippen molar-refractivity contribution in [3.63, 3.8) is 0 Å². The lowest BCUT2D eigenvalue weighted by Gasteiger charge is -2.24. The summed E-state index contributed by atoms with van der Waals surface area (Å²) in [5.74, 6) is 0.0652. The summed E-state index contributed by atoms with van der Waals surface area (Å²) >= 11 is 0. The zero-order valence-corrected chi connectivity index (χ0v) is 14.6. The van der Waals surface area contributed by atoms with Gasteiger partial charge in [-0.15, -0.1) is 0 Å². The summed E-state index contributed by atoms with van der Waals surface area (Å²) in [7, 11) is 1.27. The Morgan fingerprint density at radius 1 is 1.24 bits per heavy atom. The number of rotatable bonds is 6. The van der Waals surface area contributed by atoms with E-state index in [0.717, 1.165) is 23.4 Å². The van der Waals surface area contributed by atoms with Crippen LogP contribution >= 0.6 is 0 Å². The number of hydrogen-bond donors (Lipinski definition) is 1. The van der Waals surface area contributed by atoms with Crippen LogP contribution in [0.25, 0.3) is 11.0 Å². The van der Waals surface area contributed by atoms with E-state index in [2.05, 4.69) is 32.9 Å².